The fraction of sp³-hybridized carbons (Fsp3) is 0.385. The van der Waals surface area contributed by atoms with Crippen LogP contribution in [0.1, 0.15) is 19.8 Å². The summed E-state index contributed by atoms with van der Waals surface area (Å²) < 4.78 is 0. The number of fused-ring (bicyclic) bond motifs is 1. The van der Waals surface area contributed by atoms with Gasteiger partial charge in [0.15, 0.2) is 0 Å². The molecule has 5 nitrogen and oxygen atoms in total. The number of carbonyl (C=O) groups excluding carboxylic acids is 2. The van der Waals surface area contributed by atoms with Crippen LogP contribution in [-0.4, -0.2) is 23.6 Å². The Hall–Kier alpha value is -1.53. The molecule has 1 aromatic rings. The Bertz CT molecular complexity index is 503. The van der Waals surface area contributed by atoms with Gasteiger partial charge in [-0.1, -0.05) is 0 Å². The Morgan fingerprint density at radius 2 is 2.37 bits per heavy atom. The maximum absolute atomic E-state index is 11.7. The zero-order valence-electron chi connectivity index (χ0n) is 10.7. The summed E-state index contributed by atoms with van der Waals surface area (Å²) in [6.45, 7) is 1.87. The van der Waals surface area contributed by atoms with Gasteiger partial charge in [-0.2, -0.15) is 0 Å². The van der Waals surface area contributed by atoms with Gasteiger partial charge in [-0.15, -0.1) is 11.8 Å². The van der Waals surface area contributed by atoms with Gasteiger partial charge in [0.1, 0.15) is 0 Å². The average molecular weight is 279 g/mol. The third-order valence-corrected chi connectivity index (χ3v) is 3.80. The van der Waals surface area contributed by atoms with E-state index in [0.29, 0.717) is 24.3 Å². The highest BCUT2D eigenvalue weighted by molar-refractivity contribution is 8.00. The van der Waals surface area contributed by atoms with Crippen LogP contribution in [0.3, 0.4) is 0 Å². The fourth-order valence-electron chi connectivity index (χ4n) is 1.74. The first-order chi connectivity index (χ1) is 9.04. The van der Waals surface area contributed by atoms with E-state index in [2.05, 4.69) is 10.6 Å². The van der Waals surface area contributed by atoms with E-state index in [0.717, 1.165) is 10.6 Å². The van der Waals surface area contributed by atoms with Crippen LogP contribution in [-0.2, 0) is 9.59 Å². The van der Waals surface area contributed by atoms with E-state index < -0.39 is 0 Å². The minimum absolute atomic E-state index is 0.0158. The van der Waals surface area contributed by atoms with Gasteiger partial charge >= 0.3 is 0 Å². The highest BCUT2D eigenvalue weighted by atomic mass is 32.2. The Morgan fingerprint density at radius 3 is 3.11 bits per heavy atom. The minimum atomic E-state index is -0.0629. The van der Waals surface area contributed by atoms with Gasteiger partial charge in [-0.3, -0.25) is 9.59 Å². The van der Waals surface area contributed by atoms with Crippen molar-refractivity contribution in [2.45, 2.75) is 30.7 Å². The first kappa shape index (κ1) is 13.9. The monoisotopic (exact) mass is 279 g/mol. The van der Waals surface area contributed by atoms with Crippen LogP contribution >= 0.6 is 11.8 Å². The molecule has 102 valence electrons. The summed E-state index contributed by atoms with van der Waals surface area (Å²) in [6.07, 6.45) is 1.05. The maximum Gasteiger partial charge on any atom is 0.234 e. The first-order valence-corrected chi connectivity index (χ1v) is 7.15. The summed E-state index contributed by atoms with van der Waals surface area (Å²) in [5.41, 5.74) is 7.06. The molecule has 2 amide bonds. The summed E-state index contributed by atoms with van der Waals surface area (Å²) in [4.78, 5) is 24.0. The molecular weight excluding hydrogens is 262 g/mol. The fourth-order valence-corrected chi connectivity index (χ4v) is 2.53. The highest BCUT2D eigenvalue weighted by Gasteiger charge is 2.15. The first-order valence-electron chi connectivity index (χ1n) is 6.17. The van der Waals surface area contributed by atoms with Crippen LogP contribution in [0.25, 0.3) is 0 Å². The molecule has 0 bridgehead atoms. The molecule has 0 spiro atoms. The van der Waals surface area contributed by atoms with Gasteiger partial charge in [-0.05, 0) is 31.5 Å². The molecule has 0 aliphatic carbocycles. The zero-order valence-corrected chi connectivity index (χ0v) is 11.5. The van der Waals surface area contributed by atoms with Crippen molar-refractivity contribution < 1.29 is 9.59 Å². The molecule has 1 aliphatic heterocycles. The standard InChI is InChI=1S/C13H17N3O2S/c1-8(14)2-5-12(17)15-9-3-4-11-10(6-9)16-13(18)7-19-11/h3-4,6,8H,2,5,7,14H2,1H3,(H,15,17)(H,16,18). The Labute approximate surface area is 116 Å². The molecule has 0 fully saturated rings. The molecule has 0 radical (unpaired) electrons. The molecule has 6 heteroatoms. The van der Waals surface area contributed by atoms with E-state index in [9.17, 15) is 9.59 Å². The van der Waals surface area contributed by atoms with Crippen LogP contribution in [0.2, 0.25) is 0 Å². The minimum Gasteiger partial charge on any atom is -0.328 e. The lowest BCUT2D eigenvalue weighted by atomic mass is 10.2. The van der Waals surface area contributed by atoms with E-state index in [1.807, 2.05) is 19.1 Å². The lowest BCUT2D eigenvalue weighted by molar-refractivity contribution is -0.116. The number of nitrogens with one attached hydrogen (secondary N) is 2. The molecule has 1 aromatic carbocycles. The lowest BCUT2D eigenvalue weighted by Gasteiger charge is -2.17. The third-order valence-electron chi connectivity index (χ3n) is 2.72. The Balaban J connectivity index is 2.00. The van der Waals surface area contributed by atoms with E-state index in [1.54, 1.807) is 6.07 Å². The zero-order chi connectivity index (χ0) is 13.8. The molecule has 1 unspecified atom stereocenters. The van der Waals surface area contributed by atoms with Crippen molar-refractivity contribution in [1.82, 2.24) is 0 Å². The van der Waals surface area contributed by atoms with Gasteiger partial charge in [-0.25, -0.2) is 0 Å². The normalized spacial score (nSPS) is 15.4. The van der Waals surface area contributed by atoms with Crippen molar-refractivity contribution in [2.75, 3.05) is 16.4 Å². The number of carbonyl (C=O) groups is 2. The van der Waals surface area contributed by atoms with Crippen LogP contribution in [0, 0.1) is 0 Å². The predicted octanol–water partition coefficient (Wildman–Crippen LogP) is 1.80. The number of benzene rings is 1. The molecule has 0 saturated heterocycles. The van der Waals surface area contributed by atoms with E-state index in [4.69, 9.17) is 5.73 Å². The van der Waals surface area contributed by atoms with Crippen molar-refractivity contribution in [3.05, 3.63) is 18.2 Å². The van der Waals surface area contributed by atoms with Crippen LogP contribution in [0.15, 0.2) is 23.1 Å². The van der Waals surface area contributed by atoms with Crippen molar-refractivity contribution in [1.29, 1.82) is 0 Å². The molecule has 1 atom stereocenters. The van der Waals surface area contributed by atoms with E-state index in [1.165, 1.54) is 11.8 Å². The van der Waals surface area contributed by atoms with Crippen molar-refractivity contribution in [3.8, 4) is 0 Å². The Kier molecular flexibility index (Phi) is 4.44. The SMILES string of the molecule is CC(N)CCC(=O)Nc1ccc2c(c1)NC(=O)CS2. The number of hydrogen-bond donors (Lipinski definition) is 3. The maximum atomic E-state index is 11.7. The summed E-state index contributed by atoms with van der Waals surface area (Å²) in [7, 11) is 0. The van der Waals surface area contributed by atoms with Gasteiger partial charge in [0.25, 0.3) is 0 Å². The van der Waals surface area contributed by atoms with Gasteiger partial charge in [0, 0.05) is 23.0 Å². The summed E-state index contributed by atoms with van der Waals surface area (Å²) >= 11 is 1.50. The summed E-state index contributed by atoms with van der Waals surface area (Å²) in [6, 6.07) is 5.54. The molecular formula is C13H17N3O2S. The van der Waals surface area contributed by atoms with Crippen LogP contribution in [0.5, 0.6) is 0 Å². The second-order valence-electron chi connectivity index (χ2n) is 4.61. The quantitative estimate of drug-likeness (QED) is 0.784. The van der Waals surface area contributed by atoms with Crippen LogP contribution in [0.4, 0.5) is 11.4 Å². The van der Waals surface area contributed by atoms with Gasteiger partial charge in [0.2, 0.25) is 11.8 Å². The molecule has 4 N–H and O–H groups in total. The largest absolute Gasteiger partial charge is 0.328 e. The number of rotatable bonds is 4. The molecule has 2 rings (SSSR count). The molecule has 1 heterocycles. The molecule has 0 aromatic heterocycles. The number of nitrogens with two attached hydrogens (primary N) is 1. The molecule has 0 saturated carbocycles. The van der Waals surface area contributed by atoms with Gasteiger partial charge in [0.05, 0.1) is 11.4 Å². The van der Waals surface area contributed by atoms with Crippen molar-refractivity contribution in [3.63, 3.8) is 0 Å². The van der Waals surface area contributed by atoms with Crippen molar-refractivity contribution >= 4 is 35.0 Å². The topological polar surface area (TPSA) is 84.2 Å². The Morgan fingerprint density at radius 1 is 1.58 bits per heavy atom. The van der Waals surface area contributed by atoms with Crippen LogP contribution < -0.4 is 16.4 Å². The third kappa shape index (κ3) is 3.97. The molecule has 1 aliphatic rings. The van der Waals surface area contributed by atoms with E-state index in [-0.39, 0.29) is 17.9 Å². The number of thioether (sulfide) groups is 1. The molecule has 19 heavy (non-hydrogen) atoms. The smallest absolute Gasteiger partial charge is 0.234 e. The number of amides is 2. The second kappa shape index (κ2) is 6.08. The predicted molar refractivity (Wildman–Crippen MR) is 77.3 cm³/mol. The average Bonchev–Trinajstić information content (AvgIpc) is 2.36. The summed E-state index contributed by atoms with van der Waals surface area (Å²) in [5, 5.41) is 5.60. The lowest BCUT2D eigenvalue weighted by Crippen LogP contribution is -2.20. The highest BCUT2D eigenvalue weighted by Crippen LogP contribution is 2.33. The van der Waals surface area contributed by atoms with Crippen molar-refractivity contribution in [2.24, 2.45) is 5.73 Å². The summed E-state index contributed by atoms with van der Waals surface area (Å²) in [5.74, 6) is 0.359. The second-order valence-corrected chi connectivity index (χ2v) is 5.63. The van der Waals surface area contributed by atoms with E-state index >= 15 is 0 Å². The number of hydrogen-bond acceptors (Lipinski definition) is 4. The number of anilines is 2. The van der Waals surface area contributed by atoms with Gasteiger partial charge < -0.3 is 16.4 Å².